The summed E-state index contributed by atoms with van der Waals surface area (Å²) in [4.78, 5) is 2.74. The molecule has 2 heteroatoms. The molecule has 0 saturated carbocycles. The van der Waals surface area contributed by atoms with E-state index >= 15 is 0 Å². The van der Waals surface area contributed by atoms with Gasteiger partial charge in [0.1, 0.15) is 0 Å². The van der Waals surface area contributed by atoms with Gasteiger partial charge in [-0.25, -0.2) is 0 Å². The fourth-order valence-electron chi connectivity index (χ4n) is 3.47. The van der Waals surface area contributed by atoms with E-state index in [1.807, 2.05) is 0 Å². The van der Waals surface area contributed by atoms with Gasteiger partial charge in [-0.05, 0) is 31.2 Å². The molecule has 2 nitrogen and oxygen atoms in total. The topological polar surface area (TPSA) is 15.3 Å². The highest BCUT2D eigenvalue weighted by Gasteiger charge is 2.37. The van der Waals surface area contributed by atoms with Crippen LogP contribution in [0.15, 0.2) is 30.3 Å². The molecule has 0 aliphatic carbocycles. The van der Waals surface area contributed by atoms with E-state index in [-0.39, 0.29) is 0 Å². The van der Waals surface area contributed by atoms with Crippen molar-refractivity contribution in [2.75, 3.05) is 19.6 Å². The van der Waals surface area contributed by atoms with E-state index in [1.54, 1.807) is 0 Å². The first-order valence-corrected chi connectivity index (χ1v) is 8.62. The molecule has 0 spiro atoms. The van der Waals surface area contributed by atoms with Gasteiger partial charge in [0.05, 0.1) is 0 Å². The molecule has 1 aliphatic heterocycles. The Morgan fingerprint density at radius 1 is 1.29 bits per heavy atom. The second-order valence-electron chi connectivity index (χ2n) is 6.99. The molecule has 0 amide bonds. The minimum atomic E-state index is 0.299. The smallest absolute Gasteiger partial charge is 0.0450 e. The number of hydrogen-bond acceptors (Lipinski definition) is 2. The standard InChI is InChI=1S/C19H32N2/c1-5-10-16(3)13-21-14-18(17-11-8-7-9-12-17)20-15-19(21,4)6-2/h7-9,11-12,16,18,20H,5-6,10,13-15H2,1-4H3. The predicted molar refractivity (Wildman–Crippen MR) is 91.5 cm³/mol. The predicted octanol–water partition coefficient (Wildman–Crippen LogP) is 4.24. The maximum Gasteiger partial charge on any atom is 0.0450 e. The fraction of sp³-hybridized carbons (Fsp3) is 0.684. The molecule has 3 unspecified atom stereocenters. The van der Waals surface area contributed by atoms with Gasteiger partial charge in [0.2, 0.25) is 0 Å². The Kier molecular flexibility index (Phi) is 5.83. The van der Waals surface area contributed by atoms with E-state index in [4.69, 9.17) is 0 Å². The van der Waals surface area contributed by atoms with Crippen molar-refractivity contribution in [1.29, 1.82) is 0 Å². The molecule has 0 bridgehead atoms. The third-order valence-electron chi connectivity index (χ3n) is 5.17. The molecule has 21 heavy (non-hydrogen) atoms. The Balaban J connectivity index is 2.08. The van der Waals surface area contributed by atoms with Crippen molar-refractivity contribution in [3.8, 4) is 0 Å². The Morgan fingerprint density at radius 3 is 2.62 bits per heavy atom. The second-order valence-corrected chi connectivity index (χ2v) is 6.99. The molecular weight excluding hydrogens is 256 g/mol. The summed E-state index contributed by atoms with van der Waals surface area (Å²) in [6.07, 6.45) is 3.83. The van der Waals surface area contributed by atoms with Crippen LogP contribution in [0.5, 0.6) is 0 Å². The van der Waals surface area contributed by atoms with Crippen LogP contribution < -0.4 is 5.32 Å². The van der Waals surface area contributed by atoms with Crippen molar-refractivity contribution in [1.82, 2.24) is 10.2 Å². The van der Waals surface area contributed by atoms with Gasteiger partial charge < -0.3 is 5.32 Å². The van der Waals surface area contributed by atoms with E-state index in [0.717, 1.165) is 19.0 Å². The minimum absolute atomic E-state index is 0.299. The van der Waals surface area contributed by atoms with Gasteiger partial charge in [0.25, 0.3) is 0 Å². The number of benzene rings is 1. The summed E-state index contributed by atoms with van der Waals surface area (Å²) < 4.78 is 0. The third kappa shape index (κ3) is 4.08. The molecule has 2 rings (SSSR count). The zero-order valence-corrected chi connectivity index (χ0v) is 14.2. The van der Waals surface area contributed by atoms with Crippen molar-refractivity contribution in [3.63, 3.8) is 0 Å². The van der Waals surface area contributed by atoms with Crippen molar-refractivity contribution in [2.45, 2.75) is 58.5 Å². The first-order valence-electron chi connectivity index (χ1n) is 8.62. The molecule has 1 fully saturated rings. The fourth-order valence-corrected chi connectivity index (χ4v) is 3.47. The van der Waals surface area contributed by atoms with E-state index in [0.29, 0.717) is 11.6 Å². The normalized spacial score (nSPS) is 28.5. The SMILES string of the molecule is CCCC(C)CN1CC(c2ccccc2)NCC1(C)CC. The van der Waals surface area contributed by atoms with E-state index in [2.05, 4.69) is 68.2 Å². The highest BCUT2D eigenvalue weighted by molar-refractivity contribution is 5.20. The monoisotopic (exact) mass is 288 g/mol. The lowest BCUT2D eigenvalue weighted by molar-refractivity contribution is 0.0353. The molecule has 118 valence electrons. The van der Waals surface area contributed by atoms with E-state index in [9.17, 15) is 0 Å². The highest BCUT2D eigenvalue weighted by atomic mass is 15.3. The van der Waals surface area contributed by atoms with E-state index < -0.39 is 0 Å². The van der Waals surface area contributed by atoms with Crippen LogP contribution in [0.2, 0.25) is 0 Å². The van der Waals surface area contributed by atoms with Gasteiger partial charge in [-0.1, -0.05) is 57.5 Å². The number of rotatable bonds is 6. The van der Waals surface area contributed by atoms with Gasteiger partial charge in [-0.2, -0.15) is 0 Å². The minimum Gasteiger partial charge on any atom is -0.307 e. The van der Waals surface area contributed by atoms with Crippen LogP contribution in [0.3, 0.4) is 0 Å². The van der Waals surface area contributed by atoms with E-state index in [1.165, 1.54) is 31.4 Å². The van der Waals surface area contributed by atoms with Crippen molar-refractivity contribution in [3.05, 3.63) is 35.9 Å². The van der Waals surface area contributed by atoms with Crippen LogP contribution in [-0.4, -0.2) is 30.1 Å². The molecule has 1 aliphatic rings. The van der Waals surface area contributed by atoms with Gasteiger partial charge in [0, 0.05) is 31.2 Å². The molecule has 1 aromatic carbocycles. The van der Waals surface area contributed by atoms with Gasteiger partial charge in [-0.3, -0.25) is 4.90 Å². The zero-order valence-electron chi connectivity index (χ0n) is 14.2. The van der Waals surface area contributed by atoms with Gasteiger partial charge in [0.15, 0.2) is 0 Å². The van der Waals surface area contributed by atoms with Crippen LogP contribution in [0.1, 0.15) is 58.6 Å². The maximum absolute atomic E-state index is 3.77. The number of piperazine rings is 1. The average Bonchev–Trinajstić information content (AvgIpc) is 2.50. The summed E-state index contributed by atoms with van der Waals surface area (Å²) in [7, 11) is 0. The first-order chi connectivity index (χ1) is 10.1. The first kappa shape index (κ1) is 16.5. The molecule has 1 heterocycles. The lowest BCUT2D eigenvalue weighted by atomic mass is 9.89. The lowest BCUT2D eigenvalue weighted by Crippen LogP contribution is -2.61. The maximum atomic E-state index is 3.77. The second kappa shape index (κ2) is 7.42. The molecule has 0 radical (unpaired) electrons. The average molecular weight is 288 g/mol. The number of nitrogens with one attached hydrogen (secondary N) is 1. The number of nitrogens with zero attached hydrogens (tertiary/aromatic N) is 1. The van der Waals surface area contributed by atoms with Crippen molar-refractivity contribution in [2.24, 2.45) is 5.92 Å². The van der Waals surface area contributed by atoms with Crippen LogP contribution >= 0.6 is 0 Å². The van der Waals surface area contributed by atoms with Gasteiger partial charge in [-0.15, -0.1) is 0 Å². The molecule has 1 aromatic rings. The third-order valence-corrected chi connectivity index (χ3v) is 5.17. The molecule has 3 atom stereocenters. The lowest BCUT2D eigenvalue weighted by Gasteiger charge is -2.49. The summed E-state index contributed by atoms with van der Waals surface area (Å²) in [6, 6.07) is 11.4. The largest absolute Gasteiger partial charge is 0.307 e. The molecule has 1 saturated heterocycles. The van der Waals surface area contributed by atoms with Gasteiger partial charge >= 0.3 is 0 Å². The summed E-state index contributed by atoms with van der Waals surface area (Å²) in [5, 5.41) is 3.77. The zero-order chi connectivity index (χ0) is 15.3. The Morgan fingerprint density at radius 2 is 2.00 bits per heavy atom. The molecular formula is C19H32N2. The Hall–Kier alpha value is -0.860. The van der Waals surface area contributed by atoms with Crippen LogP contribution in [-0.2, 0) is 0 Å². The quantitative estimate of drug-likeness (QED) is 0.842. The molecule has 0 aromatic heterocycles. The van der Waals surface area contributed by atoms with Crippen molar-refractivity contribution >= 4 is 0 Å². The summed E-state index contributed by atoms with van der Waals surface area (Å²) >= 11 is 0. The Bertz CT molecular complexity index is 417. The number of hydrogen-bond donors (Lipinski definition) is 1. The van der Waals surface area contributed by atoms with Crippen LogP contribution in [0.25, 0.3) is 0 Å². The summed E-state index contributed by atoms with van der Waals surface area (Å²) in [5.41, 5.74) is 1.72. The van der Waals surface area contributed by atoms with Crippen molar-refractivity contribution < 1.29 is 0 Å². The highest BCUT2D eigenvalue weighted by Crippen LogP contribution is 2.29. The van der Waals surface area contributed by atoms with Crippen LogP contribution in [0.4, 0.5) is 0 Å². The van der Waals surface area contributed by atoms with Crippen LogP contribution in [0, 0.1) is 5.92 Å². The summed E-state index contributed by atoms with van der Waals surface area (Å²) in [5.74, 6) is 0.787. The molecule has 1 N–H and O–H groups in total. The summed E-state index contributed by atoms with van der Waals surface area (Å²) in [6.45, 7) is 12.9. The Labute approximate surface area is 130 Å².